The Hall–Kier alpha value is -2.89. The molecular formula is C18H17FN4O. The number of halogens is 1. The molecular weight excluding hydrogens is 307 g/mol. The predicted molar refractivity (Wildman–Crippen MR) is 90.0 cm³/mol. The van der Waals surface area contributed by atoms with Gasteiger partial charge in [0.05, 0.1) is 22.8 Å². The molecule has 0 unspecified atom stereocenters. The molecule has 4 aromatic rings. The highest BCUT2D eigenvalue weighted by Crippen LogP contribution is 2.30. The minimum absolute atomic E-state index is 0.224. The second kappa shape index (κ2) is 5.06. The molecule has 0 aliphatic rings. The monoisotopic (exact) mass is 324 g/mol. The first-order valence-corrected chi connectivity index (χ1v) is 7.72. The largest absolute Gasteiger partial charge is 0.463 e. The highest BCUT2D eigenvalue weighted by atomic mass is 19.1. The van der Waals surface area contributed by atoms with Crippen molar-refractivity contribution in [3.63, 3.8) is 0 Å². The van der Waals surface area contributed by atoms with Crippen LogP contribution >= 0.6 is 0 Å². The highest BCUT2D eigenvalue weighted by molar-refractivity contribution is 5.79. The van der Waals surface area contributed by atoms with Gasteiger partial charge in [-0.15, -0.1) is 0 Å². The van der Waals surface area contributed by atoms with Crippen molar-refractivity contribution in [1.82, 2.24) is 19.7 Å². The fraction of sp³-hybridized carbons (Fsp3) is 0.222. The molecule has 0 radical (unpaired) electrons. The number of rotatable bonds is 2. The van der Waals surface area contributed by atoms with E-state index >= 15 is 0 Å². The maximum absolute atomic E-state index is 13.4. The molecule has 5 nitrogen and oxygen atoms in total. The van der Waals surface area contributed by atoms with Gasteiger partial charge in [-0.2, -0.15) is 5.10 Å². The van der Waals surface area contributed by atoms with E-state index in [0.717, 1.165) is 11.5 Å². The Labute approximate surface area is 138 Å². The third-order valence-electron chi connectivity index (χ3n) is 3.80. The van der Waals surface area contributed by atoms with Crippen LogP contribution in [0.4, 0.5) is 4.39 Å². The first kappa shape index (κ1) is 14.7. The quantitative estimate of drug-likeness (QED) is 0.587. The van der Waals surface area contributed by atoms with Crippen LogP contribution in [0.15, 0.2) is 47.1 Å². The van der Waals surface area contributed by atoms with E-state index in [0.29, 0.717) is 22.6 Å². The first-order valence-electron chi connectivity index (χ1n) is 7.72. The minimum Gasteiger partial charge on any atom is -0.463 e. The van der Waals surface area contributed by atoms with Gasteiger partial charge in [0.25, 0.3) is 0 Å². The number of aromatic nitrogens is 4. The average molecular weight is 324 g/mol. The van der Waals surface area contributed by atoms with E-state index in [2.05, 4.69) is 30.7 Å². The topological polar surface area (TPSA) is 59.6 Å². The zero-order valence-corrected chi connectivity index (χ0v) is 13.7. The van der Waals surface area contributed by atoms with Crippen LogP contribution in [-0.2, 0) is 5.54 Å². The summed E-state index contributed by atoms with van der Waals surface area (Å²) in [6.45, 7) is 6.22. The zero-order valence-electron chi connectivity index (χ0n) is 13.7. The summed E-state index contributed by atoms with van der Waals surface area (Å²) in [7, 11) is 0. The molecule has 0 atom stereocenters. The molecule has 0 spiro atoms. The second-order valence-corrected chi connectivity index (χ2v) is 6.72. The smallest absolute Gasteiger partial charge is 0.159 e. The Balaban J connectivity index is 1.88. The average Bonchev–Trinajstić information content (AvgIpc) is 3.23. The SMILES string of the molecule is CC(C)(C)n1nc(-c2nc3ccc(F)cc3[nH]2)cc1-c1ccco1. The van der Waals surface area contributed by atoms with Crippen LogP contribution in [0, 0.1) is 5.82 Å². The molecule has 0 aliphatic heterocycles. The van der Waals surface area contributed by atoms with E-state index in [-0.39, 0.29) is 11.4 Å². The number of imidazole rings is 1. The third-order valence-corrected chi connectivity index (χ3v) is 3.80. The fourth-order valence-corrected chi connectivity index (χ4v) is 2.71. The van der Waals surface area contributed by atoms with Gasteiger partial charge in [0.15, 0.2) is 11.6 Å². The number of H-pyrrole nitrogens is 1. The van der Waals surface area contributed by atoms with E-state index in [1.54, 1.807) is 12.3 Å². The third kappa shape index (κ3) is 2.40. The lowest BCUT2D eigenvalue weighted by Gasteiger charge is -2.21. The van der Waals surface area contributed by atoms with Crippen LogP contribution in [0.5, 0.6) is 0 Å². The molecule has 4 rings (SSSR count). The zero-order chi connectivity index (χ0) is 16.9. The predicted octanol–water partition coefficient (Wildman–Crippen LogP) is 4.58. The van der Waals surface area contributed by atoms with Gasteiger partial charge in [0.1, 0.15) is 17.2 Å². The lowest BCUT2D eigenvalue weighted by molar-refractivity contribution is 0.357. The Morgan fingerprint density at radius 2 is 2.00 bits per heavy atom. The van der Waals surface area contributed by atoms with Gasteiger partial charge in [-0.1, -0.05) is 0 Å². The fourth-order valence-electron chi connectivity index (χ4n) is 2.71. The molecule has 0 amide bonds. The standard InChI is InChI=1S/C18H17FN4O/c1-18(2,3)23-15(16-5-4-8-24-16)10-14(22-23)17-20-12-7-6-11(19)9-13(12)21-17/h4-10H,1-3H3,(H,20,21). The number of benzene rings is 1. The van der Waals surface area contributed by atoms with Crippen molar-refractivity contribution >= 4 is 11.0 Å². The summed E-state index contributed by atoms with van der Waals surface area (Å²) in [5, 5.41) is 4.69. The van der Waals surface area contributed by atoms with Crippen LogP contribution < -0.4 is 0 Å². The Morgan fingerprint density at radius 1 is 1.17 bits per heavy atom. The van der Waals surface area contributed by atoms with Crippen molar-refractivity contribution in [3.05, 3.63) is 48.5 Å². The number of fused-ring (bicyclic) bond motifs is 1. The Bertz CT molecular complexity index is 1010. The van der Waals surface area contributed by atoms with Crippen molar-refractivity contribution < 1.29 is 8.81 Å². The van der Waals surface area contributed by atoms with E-state index < -0.39 is 0 Å². The van der Waals surface area contributed by atoms with Crippen LogP contribution in [0.1, 0.15) is 20.8 Å². The van der Waals surface area contributed by atoms with Gasteiger partial charge in [-0.3, -0.25) is 4.68 Å². The van der Waals surface area contributed by atoms with Gasteiger partial charge in [0.2, 0.25) is 0 Å². The maximum Gasteiger partial charge on any atom is 0.159 e. The van der Waals surface area contributed by atoms with E-state index in [1.165, 1.54) is 12.1 Å². The van der Waals surface area contributed by atoms with Crippen molar-refractivity contribution in [2.24, 2.45) is 0 Å². The Kier molecular flexibility index (Phi) is 3.09. The molecule has 6 heteroatoms. The van der Waals surface area contributed by atoms with E-state index in [1.807, 2.05) is 22.9 Å². The van der Waals surface area contributed by atoms with Crippen LogP contribution in [0.3, 0.4) is 0 Å². The Morgan fingerprint density at radius 3 is 2.71 bits per heavy atom. The van der Waals surface area contributed by atoms with Crippen LogP contribution in [-0.4, -0.2) is 19.7 Å². The van der Waals surface area contributed by atoms with Gasteiger partial charge in [0, 0.05) is 0 Å². The number of aromatic amines is 1. The van der Waals surface area contributed by atoms with E-state index in [9.17, 15) is 4.39 Å². The van der Waals surface area contributed by atoms with Gasteiger partial charge < -0.3 is 9.40 Å². The first-order chi connectivity index (χ1) is 11.4. The van der Waals surface area contributed by atoms with Gasteiger partial charge in [-0.25, -0.2) is 9.37 Å². The molecule has 1 N–H and O–H groups in total. The van der Waals surface area contributed by atoms with Crippen molar-refractivity contribution in [1.29, 1.82) is 0 Å². The summed E-state index contributed by atoms with van der Waals surface area (Å²) in [6, 6.07) is 10.2. The molecule has 0 saturated carbocycles. The molecule has 0 bridgehead atoms. The second-order valence-electron chi connectivity index (χ2n) is 6.72. The van der Waals surface area contributed by atoms with Crippen LogP contribution in [0.2, 0.25) is 0 Å². The van der Waals surface area contributed by atoms with Crippen LogP contribution in [0.25, 0.3) is 34.0 Å². The lowest BCUT2D eigenvalue weighted by atomic mass is 10.1. The number of nitrogens with zero attached hydrogens (tertiary/aromatic N) is 3. The van der Waals surface area contributed by atoms with Gasteiger partial charge >= 0.3 is 0 Å². The van der Waals surface area contributed by atoms with E-state index in [4.69, 9.17) is 9.52 Å². The number of furan rings is 1. The molecule has 0 aliphatic carbocycles. The van der Waals surface area contributed by atoms with Crippen molar-refractivity contribution in [2.75, 3.05) is 0 Å². The molecule has 24 heavy (non-hydrogen) atoms. The molecule has 0 fully saturated rings. The number of hydrogen-bond donors (Lipinski definition) is 1. The van der Waals surface area contributed by atoms with Crippen molar-refractivity contribution in [2.45, 2.75) is 26.3 Å². The maximum atomic E-state index is 13.4. The summed E-state index contributed by atoms with van der Waals surface area (Å²) in [4.78, 5) is 7.65. The molecule has 1 aromatic carbocycles. The minimum atomic E-state index is -0.297. The summed E-state index contributed by atoms with van der Waals surface area (Å²) in [6.07, 6.45) is 1.64. The molecule has 3 aromatic heterocycles. The summed E-state index contributed by atoms with van der Waals surface area (Å²) >= 11 is 0. The normalized spacial score (nSPS) is 12.2. The molecule has 122 valence electrons. The highest BCUT2D eigenvalue weighted by Gasteiger charge is 2.23. The van der Waals surface area contributed by atoms with Crippen molar-refractivity contribution in [3.8, 4) is 23.0 Å². The van der Waals surface area contributed by atoms with Gasteiger partial charge in [-0.05, 0) is 57.2 Å². The number of hydrogen-bond acceptors (Lipinski definition) is 3. The summed E-state index contributed by atoms with van der Waals surface area (Å²) in [5.74, 6) is 1.05. The lowest BCUT2D eigenvalue weighted by Crippen LogP contribution is -2.24. The molecule has 3 heterocycles. The number of nitrogens with one attached hydrogen (secondary N) is 1. The summed E-state index contributed by atoms with van der Waals surface area (Å²) in [5.41, 5.74) is 2.69. The molecule has 0 saturated heterocycles. The summed E-state index contributed by atoms with van der Waals surface area (Å²) < 4.78 is 20.8.